The van der Waals surface area contributed by atoms with Crippen molar-refractivity contribution >= 4 is 15.7 Å². The van der Waals surface area contributed by atoms with Gasteiger partial charge in [0.2, 0.25) is 9.84 Å². The minimum Gasteiger partial charge on any atom is -0.375 e. The Balaban J connectivity index is 2.22. The van der Waals surface area contributed by atoms with Crippen molar-refractivity contribution in [1.29, 1.82) is 0 Å². The Morgan fingerprint density at radius 1 is 1.27 bits per heavy atom. The second-order valence-electron chi connectivity index (χ2n) is 5.28. The van der Waals surface area contributed by atoms with Crippen LogP contribution in [0.2, 0.25) is 0 Å². The summed E-state index contributed by atoms with van der Waals surface area (Å²) in [6.45, 7) is 4.55. The Labute approximate surface area is 127 Å². The van der Waals surface area contributed by atoms with Gasteiger partial charge in [-0.1, -0.05) is 0 Å². The molecule has 5 nitrogen and oxygen atoms in total. The van der Waals surface area contributed by atoms with E-state index in [-0.39, 0.29) is 23.6 Å². The van der Waals surface area contributed by atoms with Crippen LogP contribution in [0.15, 0.2) is 29.2 Å². The summed E-state index contributed by atoms with van der Waals surface area (Å²) >= 11 is 0. The van der Waals surface area contributed by atoms with Crippen molar-refractivity contribution in [2.24, 2.45) is 0 Å². The summed E-state index contributed by atoms with van der Waals surface area (Å²) in [7, 11) is -4.64. The van der Waals surface area contributed by atoms with Gasteiger partial charge in [-0.3, -0.25) is 4.79 Å². The molecule has 2 atom stereocenters. The molecule has 0 radical (unpaired) electrons. The number of nitrogens with zero attached hydrogens (tertiary/aromatic N) is 1. The van der Waals surface area contributed by atoms with E-state index in [1.54, 1.807) is 4.90 Å². The number of rotatable bonds is 3. The maximum absolute atomic E-state index is 12.5. The van der Waals surface area contributed by atoms with Crippen LogP contribution in [0, 0.1) is 0 Å². The number of hydrogen-bond acceptors (Lipinski definition) is 4. The van der Waals surface area contributed by atoms with Crippen LogP contribution in [-0.4, -0.2) is 50.3 Å². The number of amides is 1. The topological polar surface area (TPSA) is 63.7 Å². The monoisotopic (exact) mass is 333 g/mol. The van der Waals surface area contributed by atoms with Crippen molar-refractivity contribution in [3.05, 3.63) is 29.8 Å². The van der Waals surface area contributed by atoms with Crippen LogP contribution in [0.3, 0.4) is 0 Å². The predicted octanol–water partition coefficient (Wildman–Crippen LogP) is 1.93. The highest BCUT2D eigenvalue weighted by atomic mass is 32.2. The molecule has 1 aromatic carbocycles. The van der Waals surface area contributed by atoms with Crippen molar-refractivity contribution in [1.82, 2.24) is 4.90 Å². The fraction of sp³-hybridized carbons (Fsp3) is 0.500. The average molecular weight is 333 g/mol. The number of sulfone groups is 1. The molecule has 122 valence electrons. The summed E-state index contributed by atoms with van der Waals surface area (Å²) in [4.78, 5) is 13.6. The average Bonchev–Trinajstić information content (AvgIpc) is 2.49. The normalized spacial score (nSPS) is 22.9. The molecule has 1 heterocycles. The minimum absolute atomic E-state index is 0.0846. The molecule has 0 saturated carbocycles. The predicted molar refractivity (Wildman–Crippen MR) is 75.5 cm³/mol. The number of carbonyl (C=O) groups excluding carboxylic acids is 1. The molecule has 0 bridgehead atoms. The second kappa shape index (κ2) is 6.29. The van der Waals surface area contributed by atoms with Crippen LogP contribution in [-0.2, 0) is 14.6 Å². The third kappa shape index (κ3) is 3.27. The summed E-state index contributed by atoms with van der Waals surface area (Å²) in [6.07, 6.45) is -0.0846. The lowest BCUT2D eigenvalue weighted by Gasteiger charge is -2.36. The van der Waals surface area contributed by atoms with E-state index in [0.717, 1.165) is 12.1 Å². The Hall–Kier alpha value is -1.54. The summed E-state index contributed by atoms with van der Waals surface area (Å²) in [5, 5.41) is 0. The van der Waals surface area contributed by atoms with Crippen molar-refractivity contribution in [2.75, 3.05) is 13.2 Å². The van der Waals surface area contributed by atoms with E-state index in [4.69, 9.17) is 4.74 Å². The molecule has 1 saturated heterocycles. The van der Waals surface area contributed by atoms with E-state index >= 15 is 0 Å². The van der Waals surface area contributed by atoms with Gasteiger partial charge in [0.05, 0.1) is 23.6 Å². The van der Waals surface area contributed by atoms with E-state index in [9.17, 15) is 22.0 Å². The summed E-state index contributed by atoms with van der Waals surface area (Å²) in [5.74, 6) is -3.75. The fourth-order valence-corrected chi connectivity index (χ4v) is 2.96. The van der Waals surface area contributed by atoms with Crippen molar-refractivity contribution in [3.63, 3.8) is 0 Å². The van der Waals surface area contributed by atoms with Gasteiger partial charge in [0.1, 0.15) is 0 Å². The second-order valence-corrected chi connectivity index (χ2v) is 7.20. The molecule has 1 aliphatic heterocycles. The molecular weight excluding hydrogens is 316 g/mol. The van der Waals surface area contributed by atoms with Crippen molar-refractivity contribution < 1.29 is 26.7 Å². The van der Waals surface area contributed by atoms with Crippen LogP contribution >= 0.6 is 0 Å². The molecule has 8 heteroatoms. The van der Waals surface area contributed by atoms with E-state index < -0.39 is 20.5 Å². The molecule has 0 N–H and O–H groups in total. The van der Waals surface area contributed by atoms with Crippen molar-refractivity contribution in [2.45, 2.75) is 36.6 Å². The Morgan fingerprint density at radius 2 is 1.86 bits per heavy atom. The SMILES string of the molecule is CC1CN(C(=O)c2ccc(S(=O)(=O)C(F)F)cc2)C(C)CO1. The van der Waals surface area contributed by atoms with Gasteiger partial charge < -0.3 is 9.64 Å². The van der Waals surface area contributed by atoms with Gasteiger partial charge in [0, 0.05) is 12.1 Å². The Kier molecular flexibility index (Phi) is 4.81. The first-order valence-corrected chi connectivity index (χ1v) is 8.33. The van der Waals surface area contributed by atoms with Gasteiger partial charge in [-0.2, -0.15) is 8.78 Å². The molecule has 2 rings (SSSR count). The maximum atomic E-state index is 12.5. The highest BCUT2D eigenvalue weighted by Gasteiger charge is 2.29. The summed E-state index contributed by atoms with van der Waals surface area (Å²) < 4.78 is 53.1. The number of halogens is 2. The number of ether oxygens (including phenoxy) is 1. The molecule has 1 aliphatic rings. The minimum atomic E-state index is -4.64. The van der Waals surface area contributed by atoms with Crippen LogP contribution in [0.5, 0.6) is 0 Å². The van der Waals surface area contributed by atoms with E-state index in [1.165, 1.54) is 12.1 Å². The lowest BCUT2D eigenvalue weighted by atomic mass is 10.1. The largest absolute Gasteiger partial charge is 0.375 e. The molecule has 1 fully saturated rings. The van der Waals surface area contributed by atoms with E-state index in [2.05, 4.69) is 0 Å². The first kappa shape index (κ1) is 16.8. The van der Waals surface area contributed by atoms with Gasteiger partial charge in [-0.05, 0) is 38.1 Å². The number of alkyl halides is 2. The highest BCUT2D eigenvalue weighted by Crippen LogP contribution is 2.20. The molecule has 0 spiro atoms. The molecule has 0 aromatic heterocycles. The maximum Gasteiger partial charge on any atom is 0.341 e. The standard InChI is InChI=1S/C14H17F2NO4S/c1-9-8-21-10(2)7-17(9)13(18)11-3-5-12(6-4-11)22(19,20)14(15)16/h3-6,9-10,14H,7-8H2,1-2H3. The number of benzene rings is 1. The van der Waals surface area contributed by atoms with Gasteiger partial charge in [-0.15, -0.1) is 0 Å². The molecule has 1 amide bonds. The van der Waals surface area contributed by atoms with Gasteiger partial charge >= 0.3 is 5.76 Å². The van der Waals surface area contributed by atoms with Gasteiger partial charge in [-0.25, -0.2) is 8.42 Å². The van der Waals surface area contributed by atoms with Gasteiger partial charge in [0.15, 0.2) is 0 Å². The zero-order valence-corrected chi connectivity index (χ0v) is 13.0. The lowest BCUT2D eigenvalue weighted by molar-refractivity contribution is -0.0387. The molecule has 0 aliphatic carbocycles. The smallest absolute Gasteiger partial charge is 0.341 e. The van der Waals surface area contributed by atoms with Crippen LogP contribution in [0.25, 0.3) is 0 Å². The number of morpholine rings is 1. The summed E-state index contributed by atoms with van der Waals surface area (Å²) in [6, 6.07) is 4.47. The quantitative estimate of drug-likeness (QED) is 0.848. The number of hydrogen-bond donors (Lipinski definition) is 0. The number of carbonyl (C=O) groups is 1. The highest BCUT2D eigenvalue weighted by molar-refractivity contribution is 7.91. The Bertz CT molecular complexity index is 645. The van der Waals surface area contributed by atoms with Crippen molar-refractivity contribution in [3.8, 4) is 0 Å². The lowest BCUT2D eigenvalue weighted by Crippen LogP contribution is -2.50. The first-order valence-electron chi connectivity index (χ1n) is 6.78. The zero-order valence-electron chi connectivity index (χ0n) is 12.2. The first-order chi connectivity index (χ1) is 10.2. The Morgan fingerprint density at radius 3 is 2.41 bits per heavy atom. The molecule has 22 heavy (non-hydrogen) atoms. The van der Waals surface area contributed by atoms with Crippen LogP contribution < -0.4 is 0 Å². The fourth-order valence-electron chi connectivity index (χ4n) is 2.24. The third-order valence-corrected chi connectivity index (χ3v) is 4.93. The molecule has 2 unspecified atom stereocenters. The van der Waals surface area contributed by atoms with E-state index in [1.807, 2.05) is 13.8 Å². The van der Waals surface area contributed by atoms with Crippen LogP contribution in [0.1, 0.15) is 24.2 Å². The van der Waals surface area contributed by atoms with E-state index in [0.29, 0.717) is 13.2 Å². The van der Waals surface area contributed by atoms with Gasteiger partial charge in [0.25, 0.3) is 5.91 Å². The zero-order chi connectivity index (χ0) is 16.5. The summed E-state index contributed by atoms with van der Waals surface area (Å²) in [5.41, 5.74) is 0.258. The molecule has 1 aromatic rings. The van der Waals surface area contributed by atoms with Crippen LogP contribution in [0.4, 0.5) is 8.78 Å². The molecular formula is C14H17F2NO4S. The third-order valence-electron chi connectivity index (χ3n) is 3.53.